The van der Waals surface area contributed by atoms with E-state index in [2.05, 4.69) is 0 Å². The summed E-state index contributed by atoms with van der Waals surface area (Å²) in [5.74, 6) is 0.368. The molecule has 4 amide bonds. The molecule has 3 aliphatic rings. The summed E-state index contributed by atoms with van der Waals surface area (Å²) >= 11 is 0. The van der Waals surface area contributed by atoms with Gasteiger partial charge in [-0.3, -0.25) is 29.0 Å². The van der Waals surface area contributed by atoms with Crippen LogP contribution < -0.4 is 18.9 Å². The van der Waals surface area contributed by atoms with Gasteiger partial charge in [0.1, 0.15) is 36.2 Å². The van der Waals surface area contributed by atoms with Gasteiger partial charge in [-0.25, -0.2) is 0 Å². The molecule has 2 atom stereocenters. The Labute approximate surface area is 238 Å². The lowest BCUT2D eigenvalue weighted by atomic mass is 9.78. The van der Waals surface area contributed by atoms with Crippen molar-refractivity contribution in [3.8, 4) is 23.0 Å². The number of likely N-dealkylation sites (tertiary alicyclic amines) is 1. The molecule has 0 radical (unpaired) electrons. The molecular weight excluding hydrogens is 528 g/mol. The van der Waals surface area contributed by atoms with Gasteiger partial charge in [-0.15, -0.1) is 0 Å². The number of hydrogen-bond acceptors (Lipinski definition) is 8. The second-order valence-electron chi connectivity index (χ2n) is 10.1. The van der Waals surface area contributed by atoms with Crippen LogP contribution in [-0.4, -0.2) is 74.0 Å². The number of amides is 4. The first-order chi connectivity index (χ1) is 19.8. The quantitative estimate of drug-likeness (QED) is 0.386. The van der Waals surface area contributed by atoms with Gasteiger partial charge in [0.2, 0.25) is 11.8 Å². The summed E-state index contributed by atoms with van der Waals surface area (Å²) in [7, 11) is 3.15. The van der Waals surface area contributed by atoms with Crippen LogP contribution in [-0.2, 0) is 19.2 Å². The van der Waals surface area contributed by atoms with E-state index >= 15 is 0 Å². The minimum absolute atomic E-state index is 0.0555. The van der Waals surface area contributed by atoms with Crippen molar-refractivity contribution in [2.75, 3.05) is 40.5 Å². The van der Waals surface area contributed by atoms with Crippen LogP contribution in [0.4, 0.5) is 0 Å². The number of carbonyl (C=O) groups excluding carboxylic acids is 4. The van der Waals surface area contributed by atoms with Gasteiger partial charge in [0.05, 0.1) is 38.8 Å². The number of hydrogen-bond donors (Lipinski definition) is 0. The molecule has 0 aromatic heterocycles. The fourth-order valence-corrected chi connectivity index (χ4v) is 5.51. The Balaban J connectivity index is 1.17. The van der Waals surface area contributed by atoms with E-state index < -0.39 is 5.92 Å². The first-order valence-corrected chi connectivity index (χ1v) is 13.5. The zero-order chi connectivity index (χ0) is 29.1. The van der Waals surface area contributed by atoms with Crippen LogP contribution in [0.15, 0.2) is 71.3 Å². The Morgan fingerprint density at radius 2 is 1.22 bits per heavy atom. The molecule has 0 spiro atoms. The number of allylic oxidation sites excluding steroid dienone is 1. The number of carbonyl (C=O) groups is 4. The lowest BCUT2D eigenvalue weighted by Crippen LogP contribution is -2.36. The predicted molar refractivity (Wildman–Crippen MR) is 147 cm³/mol. The normalized spacial score (nSPS) is 20.4. The number of benzene rings is 2. The van der Waals surface area contributed by atoms with Crippen molar-refractivity contribution in [2.24, 2.45) is 11.8 Å². The Hall–Kier alpha value is -4.60. The molecule has 214 valence electrons. The lowest BCUT2D eigenvalue weighted by molar-refractivity contribution is -0.141. The molecule has 0 N–H and O–H groups in total. The fraction of sp³-hybridized carbons (Fsp3) is 0.355. The van der Waals surface area contributed by atoms with Gasteiger partial charge in [-0.1, -0.05) is 6.08 Å². The molecule has 2 aliphatic heterocycles. The summed E-state index contributed by atoms with van der Waals surface area (Å²) in [6.07, 6.45) is 2.14. The zero-order valence-electron chi connectivity index (χ0n) is 23.3. The highest BCUT2D eigenvalue weighted by Gasteiger charge is 2.47. The Bertz CT molecular complexity index is 1410. The van der Waals surface area contributed by atoms with Gasteiger partial charge in [0.25, 0.3) is 11.8 Å². The van der Waals surface area contributed by atoms with E-state index in [4.69, 9.17) is 18.9 Å². The van der Waals surface area contributed by atoms with Crippen LogP contribution >= 0.6 is 0 Å². The monoisotopic (exact) mass is 560 g/mol. The molecule has 10 nitrogen and oxygen atoms in total. The summed E-state index contributed by atoms with van der Waals surface area (Å²) in [5, 5.41) is 0. The van der Waals surface area contributed by atoms with Gasteiger partial charge >= 0.3 is 0 Å². The van der Waals surface area contributed by atoms with Crippen LogP contribution in [0.5, 0.6) is 23.0 Å². The van der Waals surface area contributed by atoms with Crippen molar-refractivity contribution in [3.63, 3.8) is 0 Å². The molecule has 1 aliphatic carbocycles. The number of methoxy groups -OCH3 is 2. The topological polar surface area (TPSA) is 112 Å². The highest BCUT2D eigenvalue weighted by molar-refractivity contribution is 6.21. The highest BCUT2D eigenvalue weighted by Crippen LogP contribution is 2.41. The van der Waals surface area contributed by atoms with E-state index in [1.165, 1.54) is 9.80 Å². The van der Waals surface area contributed by atoms with Gasteiger partial charge in [0, 0.05) is 12.0 Å². The highest BCUT2D eigenvalue weighted by atomic mass is 16.5. The molecule has 2 aromatic rings. The second-order valence-corrected chi connectivity index (χ2v) is 10.1. The molecule has 2 heterocycles. The van der Waals surface area contributed by atoms with Crippen molar-refractivity contribution in [3.05, 3.63) is 71.3 Å². The number of rotatable bonds is 11. The van der Waals surface area contributed by atoms with Gasteiger partial charge in [-0.05, 0) is 73.4 Å². The van der Waals surface area contributed by atoms with E-state index in [1.807, 2.05) is 6.08 Å². The average molecular weight is 561 g/mol. The third kappa shape index (κ3) is 5.68. The maximum Gasteiger partial charge on any atom is 0.261 e. The lowest BCUT2D eigenvalue weighted by Gasteiger charge is -2.24. The molecule has 0 unspecified atom stereocenters. The van der Waals surface area contributed by atoms with Crippen LogP contribution in [0.3, 0.4) is 0 Å². The molecule has 0 bridgehead atoms. The summed E-state index contributed by atoms with van der Waals surface area (Å²) in [5.41, 5.74) is 1.43. The maximum absolute atomic E-state index is 13.3. The predicted octanol–water partition coefficient (Wildman–Crippen LogP) is 3.17. The first-order valence-electron chi connectivity index (χ1n) is 13.5. The summed E-state index contributed by atoms with van der Waals surface area (Å²) in [4.78, 5) is 54.9. The second kappa shape index (κ2) is 11.9. The number of imide groups is 2. The largest absolute Gasteiger partial charge is 0.497 e. The third-order valence-electron chi connectivity index (χ3n) is 7.64. The summed E-state index contributed by atoms with van der Waals surface area (Å²) in [6, 6.07) is 14.1. The molecule has 5 rings (SSSR count). The fourth-order valence-electron chi connectivity index (χ4n) is 5.51. The van der Waals surface area contributed by atoms with Crippen molar-refractivity contribution >= 4 is 23.6 Å². The first kappa shape index (κ1) is 27.9. The maximum atomic E-state index is 13.3. The Morgan fingerprint density at radius 3 is 1.76 bits per heavy atom. The standard InChI is InChI=1S/C31H32N2O8/c1-19-16-20(25-18-27(34)32(29(25)35)12-14-40-23-8-4-21(38-2)5-9-23)17-26-28(19)31(37)33(30(26)36)13-15-41-24-10-6-22(39-3)7-11-24/h4-11,16,20,25H,12-15,17-18H2,1-3H3/t20-,25+/m1/s1. The molecule has 10 heteroatoms. The summed E-state index contributed by atoms with van der Waals surface area (Å²) in [6.45, 7) is 2.29. The molecule has 41 heavy (non-hydrogen) atoms. The average Bonchev–Trinajstić information content (AvgIpc) is 3.40. The van der Waals surface area contributed by atoms with Crippen LogP contribution in [0, 0.1) is 11.8 Å². The summed E-state index contributed by atoms with van der Waals surface area (Å²) < 4.78 is 21.7. The van der Waals surface area contributed by atoms with E-state index in [9.17, 15) is 19.2 Å². The number of ether oxygens (including phenoxy) is 4. The zero-order valence-corrected chi connectivity index (χ0v) is 23.3. The van der Waals surface area contributed by atoms with Gasteiger partial charge in [0.15, 0.2) is 0 Å². The van der Waals surface area contributed by atoms with E-state index in [0.717, 1.165) is 0 Å². The molecule has 1 saturated heterocycles. The van der Waals surface area contributed by atoms with Crippen LogP contribution in [0.1, 0.15) is 19.8 Å². The SMILES string of the molecule is COc1ccc(OCCN2C(=O)C3=C(C2=O)C(C)=C[C@@H]([C@@H]2CC(=O)N(CCOc4ccc(OC)cc4)C2=O)C3)cc1. The minimum atomic E-state index is -0.595. The van der Waals surface area contributed by atoms with Gasteiger partial charge < -0.3 is 18.9 Å². The third-order valence-corrected chi connectivity index (χ3v) is 7.64. The minimum Gasteiger partial charge on any atom is -0.497 e. The molecule has 1 fully saturated rings. The van der Waals surface area contributed by atoms with E-state index in [-0.39, 0.29) is 68.7 Å². The smallest absolute Gasteiger partial charge is 0.261 e. The van der Waals surface area contributed by atoms with E-state index in [1.54, 1.807) is 69.7 Å². The molecule has 2 aromatic carbocycles. The van der Waals surface area contributed by atoms with Gasteiger partial charge in [-0.2, -0.15) is 0 Å². The van der Waals surface area contributed by atoms with Crippen molar-refractivity contribution in [1.29, 1.82) is 0 Å². The van der Waals surface area contributed by atoms with Crippen LogP contribution in [0.25, 0.3) is 0 Å². The Kier molecular flexibility index (Phi) is 8.09. The Morgan fingerprint density at radius 1 is 0.707 bits per heavy atom. The molecular formula is C31H32N2O8. The van der Waals surface area contributed by atoms with Crippen LogP contribution in [0.2, 0.25) is 0 Å². The van der Waals surface area contributed by atoms with E-state index in [0.29, 0.717) is 39.7 Å². The van der Waals surface area contributed by atoms with Crippen molar-refractivity contribution < 1.29 is 38.1 Å². The number of nitrogens with zero attached hydrogens (tertiary/aromatic N) is 2. The molecule has 0 saturated carbocycles. The van der Waals surface area contributed by atoms with Crippen molar-refractivity contribution in [1.82, 2.24) is 9.80 Å². The van der Waals surface area contributed by atoms with Crippen molar-refractivity contribution in [2.45, 2.75) is 19.8 Å².